The van der Waals surface area contributed by atoms with Crippen LogP contribution in [0, 0.1) is 0 Å². The number of rotatable bonds is 4. The molecule has 2 saturated heterocycles. The molecule has 0 saturated carbocycles. The predicted octanol–water partition coefficient (Wildman–Crippen LogP) is 2.81. The van der Waals surface area contributed by atoms with Gasteiger partial charge in [0.25, 0.3) is 0 Å². The van der Waals surface area contributed by atoms with Crippen LogP contribution in [-0.2, 0) is 19.6 Å². The minimum absolute atomic E-state index is 0.198. The first-order valence-corrected chi connectivity index (χ1v) is 11.9. The number of alkyl halides is 3. The maximum absolute atomic E-state index is 13.0. The first-order chi connectivity index (χ1) is 15.3. The van der Waals surface area contributed by atoms with Gasteiger partial charge in [-0.15, -0.1) is 0 Å². The van der Waals surface area contributed by atoms with E-state index in [2.05, 4.69) is 4.18 Å². The number of amides is 1. The third kappa shape index (κ3) is 6.34. The van der Waals surface area contributed by atoms with E-state index in [0.29, 0.717) is 32.0 Å². The molecule has 1 aromatic carbocycles. The Morgan fingerprint density at radius 3 is 2.12 bits per heavy atom. The number of nitrogens with zero attached hydrogens (tertiary/aromatic N) is 3. The second kappa shape index (κ2) is 9.45. The van der Waals surface area contributed by atoms with E-state index in [4.69, 9.17) is 9.47 Å². The zero-order valence-electron chi connectivity index (χ0n) is 18.7. The van der Waals surface area contributed by atoms with Crippen LogP contribution in [0.25, 0.3) is 0 Å². The van der Waals surface area contributed by atoms with Crippen LogP contribution < -0.4 is 14.0 Å². The fraction of sp³-hybridized carbons (Fsp3) is 0.650. The number of carbonyl (C=O) groups excluding carboxylic acids is 1. The Balaban J connectivity index is 1.83. The molecule has 13 heteroatoms. The van der Waals surface area contributed by atoms with Gasteiger partial charge in [0, 0.05) is 51.0 Å². The average molecular weight is 496 g/mol. The number of benzene rings is 1. The van der Waals surface area contributed by atoms with Crippen molar-refractivity contribution in [1.82, 2.24) is 4.90 Å². The van der Waals surface area contributed by atoms with Crippen LogP contribution in [0.15, 0.2) is 18.2 Å². The molecule has 0 atom stereocenters. The summed E-state index contributed by atoms with van der Waals surface area (Å²) >= 11 is 0. The number of piperazine rings is 1. The van der Waals surface area contributed by atoms with Crippen LogP contribution in [0.1, 0.15) is 20.8 Å². The van der Waals surface area contributed by atoms with E-state index in [1.54, 1.807) is 31.7 Å². The van der Waals surface area contributed by atoms with E-state index < -0.39 is 33.1 Å². The first kappa shape index (κ1) is 25.2. The molecule has 186 valence electrons. The Labute approximate surface area is 191 Å². The molecule has 0 radical (unpaired) electrons. The SMILES string of the molecule is CC(C)(C)OC(=O)N1CCN(c2ccc(N3CCOCC3)cc2OS(=O)(=O)C(F)(F)F)CC1. The standard InChI is InChI=1S/C20H28F3N3O6S/c1-19(2,3)31-18(27)26-8-6-25(7-9-26)16-5-4-15(24-10-12-30-13-11-24)14-17(16)32-33(28,29)20(21,22)23/h4-5,14H,6-13H2,1-3H3. The number of hydrogen-bond donors (Lipinski definition) is 0. The third-order valence-electron chi connectivity index (χ3n) is 5.07. The molecule has 0 aliphatic carbocycles. The van der Waals surface area contributed by atoms with Crippen LogP contribution in [-0.4, -0.2) is 83.0 Å². The Bertz CT molecular complexity index is 951. The van der Waals surface area contributed by atoms with Crippen molar-refractivity contribution >= 4 is 27.6 Å². The van der Waals surface area contributed by atoms with Crippen molar-refractivity contribution in [3.8, 4) is 5.75 Å². The van der Waals surface area contributed by atoms with Crippen molar-refractivity contribution in [3.05, 3.63) is 18.2 Å². The molecule has 0 aromatic heterocycles. The molecule has 2 aliphatic heterocycles. The summed E-state index contributed by atoms with van der Waals surface area (Å²) in [4.78, 5) is 17.3. The van der Waals surface area contributed by atoms with Crippen LogP contribution in [0.5, 0.6) is 5.75 Å². The molecule has 33 heavy (non-hydrogen) atoms. The lowest BCUT2D eigenvalue weighted by atomic mass is 10.2. The van der Waals surface area contributed by atoms with Gasteiger partial charge >= 0.3 is 21.7 Å². The number of carbonyl (C=O) groups is 1. The first-order valence-electron chi connectivity index (χ1n) is 10.5. The van der Waals surface area contributed by atoms with Crippen molar-refractivity contribution in [1.29, 1.82) is 0 Å². The van der Waals surface area contributed by atoms with Crippen molar-refractivity contribution < 1.29 is 40.0 Å². The van der Waals surface area contributed by atoms with Gasteiger partial charge < -0.3 is 28.4 Å². The van der Waals surface area contributed by atoms with Gasteiger partial charge in [-0.3, -0.25) is 0 Å². The molecule has 3 rings (SSSR count). The lowest BCUT2D eigenvalue weighted by Crippen LogP contribution is -2.50. The van der Waals surface area contributed by atoms with E-state index in [0.717, 1.165) is 0 Å². The summed E-state index contributed by atoms with van der Waals surface area (Å²) < 4.78 is 77.7. The molecular formula is C20H28F3N3O6S. The molecule has 1 amide bonds. The zero-order chi connectivity index (χ0) is 24.4. The van der Waals surface area contributed by atoms with Crippen molar-refractivity contribution in [2.24, 2.45) is 0 Å². The van der Waals surface area contributed by atoms with E-state index in [1.165, 1.54) is 17.0 Å². The normalized spacial score (nSPS) is 18.3. The quantitative estimate of drug-likeness (QED) is 0.466. The summed E-state index contributed by atoms with van der Waals surface area (Å²) in [5, 5.41) is 0. The molecule has 2 fully saturated rings. The lowest BCUT2D eigenvalue weighted by Gasteiger charge is -2.37. The third-order valence-corrected chi connectivity index (χ3v) is 6.04. The Morgan fingerprint density at radius 2 is 1.58 bits per heavy atom. The van der Waals surface area contributed by atoms with E-state index in [1.807, 2.05) is 4.90 Å². The topological polar surface area (TPSA) is 88.6 Å². The minimum Gasteiger partial charge on any atom is -0.444 e. The average Bonchev–Trinajstić information content (AvgIpc) is 2.72. The van der Waals surface area contributed by atoms with E-state index >= 15 is 0 Å². The van der Waals surface area contributed by atoms with E-state index in [9.17, 15) is 26.4 Å². The summed E-state index contributed by atoms with van der Waals surface area (Å²) in [6.07, 6.45) is -0.485. The molecular weight excluding hydrogens is 467 g/mol. The number of halogens is 3. The second-order valence-corrected chi connectivity index (χ2v) is 10.2. The number of hydrogen-bond acceptors (Lipinski definition) is 8. The van der Waals surface area contributed by atoms with Gasteiger partial charge in [-0.1, -0.05) is 0 Å². The number of morpholine rings is 1. The van der Waals surface area contributed by atoms with Gasteiger partial charge in [-0.05, 0) is 32.9 Å². The highest BCUT2D eigenvalue weighted by Gasteiger charge is 2.49. The van der Waals surface area contributed by atoms with Crippen LogP contribution in [0.4, 0.5) is 29.3 Å². The summed E-state index contributed by atoms with van der Waals surface area (Å²) in [6, 6.07) is 4.54. The number of ether oxygens (including phenoxy) is 2. The maximum Gasteiger partial charge on any atom is 0.534 e. The lowest BCUT2D eigenvalue weighted by molar-refractivity contribution is -0.0500. The van der Waals surface area contributed by atoms with Crippen LogP contribution >= 0.6 is 0 Å². The van der Waals surface area contributed by atoms with Gasteiger partial charge in [0.15, 0.2) is 5.75 Å². The molecule has 0 spiro atoms. The Hall–Kier alpha value is -2.41. The number of anilines is 2. The highest BCUT2D eigenvalue weighted by Crippen LogP contribution is 2.37. The monoisotopic (exact) mass is 495 g/mol. The summed E-state index contributed by atoms with van der Waals surface area (Å²) in [5.74, 6) is -0.415. The fourth-order valence-electron chi connectivity index (χ4n) is 3.47. The molecule has 2 heterocycles. The molecule has 9 nitrogen and oxygen atoms in total. The Morgan fingerprint density at radius 1 is 0.970 bits per heavy atom. The van der Waals surface area contributed by atoms with Crippen LogP contribution in [0.2, 0.25) is 0 Å². The maximum atomic E-state index is 13.0. The van der Waals surface area contributed by atoms with Gasteiger partial charge in [-0.2, -0.15) is 21.6 Å². The molecule has 1 aromatic rings. The fourth-order valence-corrected chi connectivity index (χ4v) is 3.94. The van der Waals surface area contributed by atoms with E-state index in [-0.39, 0.29) is 31.9 Å². The van der Waals surface area contributed by atoms with Crippen LogP contribution in [0.3, 0.4) is 0 Å². The molecule has 0 N–H and O–H groups in total. The van der Waals surface area contributed by atoms with Crippen molar-refractivity contribution in [2.45, 2.75) is 31.9 Å². The van der Waals surface area contributed by atoms with Crippen molar-refractivity contribution in [3.63, 3.8) is 0 Å². The molecule has 2 aliphatic rings. The molecule has 0 unspecified atom stereocenters. The molecule has 0 bridgehead atoms. The van der Waals surface area contributed by atoms with Gasteiger partial charge in [0.05, 0.1) is 18.9 Å². The predicted molar refractivity (Wildman–Crippen MR) is 115 cm³/mol. The summed E-state index contributed by atoms with van der Waals surface area (Å²) in [6.45, 7) is 8.22. The largest absolute Gasteiger partial charge is 0.534 e. The van der Waals surface area contributed by atoms with Crippen molar-refractivity contribution in [2.75, 3.05) is 62.3 Å². The highest BCUT2D eigenvalue weighted by molar-refractivity contribution is 7.88. The smallest absolute Gasteiger partial charge is 0.444 e. The van der Waals surface area contributed by atoms with Gasteiger partial charge in [0.1, 0.15) is 5.60 Å². The highest BCUT2D eigenvalue weighted by atomic mass is 32.2. The summed E-state index contributed by atoms with van der Waals surface area (Å²) in [7, 11) is -5.86. The zero-order valence-corrected chi connectivity index (χ0v) is 19.5. The second-order valence-electron chi connectivity index (χ2n) is 8.69. The summed E-state index contributed by atoms with van der Waals surface area (Å²) in [5.41, 5.74) is -5.49. The Kier molecular flexibility index (Phi) is 7.22. The minimum atomic E-state index is -5.86. The van der Waals surface area contributed by atoms with Gasteiger partial charge in [-0.25, -0.2) is 4.79 Å². The van der Waals surface area contributed by atoms with Gasteiger partial charge in [0.2, 0.25) is 0 Å².